The van der Waals surface area contributed by atoms with Crippen molar-refractivity contribution in [2.75, 3.05) is 6.54 Å². The SMILES string of the molecule is N#CN1C=C2CC=CC=C2C2(Cc3ccccc3O2)C1. The highest BCUT2D eigenvalue weighted by Gasteiger charge is 2.47. The minimum atomic E-state index is -0.408. The highest BCUT2D eigenvalue weighted by molar-refractivity contribution is 5.53. The highest BCUT2D eigenvalue weighted by Crippen LogP contribution is 2.45. The molecule has 1 spiro atoms. The van der Waals surface area contributed by atoms with Gasteiger partial charge < -0.3 is 4.74 Å². The van der Waals surface area contributed by atoms with Crippen LogP contribution in [-0.2, 0) is 6.42 Å². The molecule has 98 valence electrons. The summed E-state index contributed by atoms with van der Waals surface area (Å²) in [5, 5.41) is 9.28. The first-order valence-corrected chi connectivity index (χ1v) is 6.82. The Morgan fingerprint density at radius 3 is 3.05 bits per heavy atom. The van der Waals surface area contributed by atoms with E-state index in [0.717, 1.165) is 18.6 Å². The first kappa shape index (κ1) is 11.4. The van der Waals surface area contributed by atoms with E-state index in [9.17, 15) is 5.26 Å². The van der Waals surface area contributed by atoms with E-state index in [4.69, 9.17) is 4.74 Å². The molecule has 1 aromatic rings. The van der Waals surface area contributed by atoms with E-state index >= 15 is 0 Å². The fourth-order valence-corrected chi connectivity index (χ4v) is 3.34. The van der Waals surface area contributed by atoms with Crippen LogP contribution in [0.2, 0.25) is 0 Å². The average Bonchev–Trinajstić information content (AvgIpc) is 2.85. The second-order valence-corrected chi connectivity index (χ2v) is 5.48. The number of hydrogen-bond donors (Lipinski definition) is 0. The van der Waals surface area contributed by atoms with Gasteiger partial charge in [0.2, 0.25) is 0 Å². The summed E-state index contributed by atoms with van der Waals surface area (Å²) in [5.41, 5.74) is 3.23. The smallest absolute Gasteiger partial charge is 0.183 e. The van der Waals surface area contributed by atoms with Gasteiger partial charge in [-0.05, 0) is 23.6 Å². The number of nitrogens with zero attached hydrogens (tertiary/aromatic N) is 2. The van der Waals surface area contributed by atoms with Gasteiger partial charge >= 0.3 is 0 Å². The Hall–Kier alpha value is -2.47. The molecule has 0 fully saturated rings. The maximum absolute atomic E-state index is 9.28. The van der Waals surface area contributed by atoms with Gasteiger partial charge in [-0.2, -0.15) is 5.26 Å². The van der Waals surface area contributed by atoms with E-state index < -0.39 is 5.60 Å². The Kier molecular flexibility index (Phi) is 2.28. The van der Waals surface area contributed by atoms with Gasteiger partial charge in [-0.25, -0.2) is 0 Å². The van der Waals surface area contributed by atoms with Crippen molar-refractivity contribution >= 4 is 0 Å². The van der Waals surface area contributed by atoms with Crippen LogP contribution < -0.4 is 4.74 Å². The first-order valence-electron chi connectivity index (χ1n) is 6.82. The lowest BCUT2D eigenvalue weighted by atomic mass is 9.79. The molecule has 0 N–H and O–H groups in total. The maximum atomic E-state index is 9.28. The molecule has 0 radical (unpaired) electrons. The fraction of sp³-hybridized carbons (Fsp3) is 0.235. The summed E-state index contributed by atoms with van der Waals surface area (Å²) in [6, 6.07) is 8.16. The number of benzene rings is 1. The lowest BCUT2D eigenvalue weighted by Crippen LogP contribution is -2.49. The van der Waals surface area contributed by atoms with Crippen molar-refractivity contribution in [2.45, 2.75) is 18.4 Å². The molecule has 0 saturated carbocycles. The van der Waals surface area contributed by atoms with Gasteiger partial charge in [0.05, 0.1) is 6.54 Å². The van der Waals surface area contributed by atoms with Gasteiger partial charge in [-0.15, -0.1) is 0 Å². The zero-order valence-corrected chi connectivity index (χ0v) is 11.0. The lowest BCUT2D eigenvalue weighted by molar-refractivity contribution is 0.107. The Bertz CT molecular complexity index is 681. The van der Waals surface area contributed by atoms with Crippen LogP contribution >= 0.6 is 0 Å². The number of hydrogen-bond acceptors (Lipinski definition) is 3. The maximum Gasteiger partial charge on any atom is 0.183 e. The topological polar surface area (TPSA) is 36.3 Å². The van der Waals surface area contributed by atoms with Crippen LogP contribution in [0.3, 0.4) is 0 Å². The molecule has 20 heavy (non-hydrogen) atoms. The summed E-state index contributed by atoms with van der Waals surface area (Å²) in [6.45, 7) is 0.585. The molecule has 3 aliphatic rings. The van der Waals surface area contributed by atoms with Crippen LogP contribution in [0, 0.1) is 11.5 Å². The van der Waals surface area contributed by atoms with Crippen molar-refractivity contribution in [3.05, 3.63) is 65.4 Å². The van der Waals surface area contributed by atoms with Crippen molar-refractivity contribution in [2.24, 2.45) is 0 Å². The monoisotopic (exact) mass is 262 g/mol. The Balaban J connectivity index is 1.83. The minimum absolute atomic E-state index is 0.408. The van der Waals surface area contributed by atoms with E-state index in [0.29, 0.717) is 6.54 Å². The largest absolute Gasteiger partial charge is 0.480 e. The number of fused-ring (bicyclic) bond motifs is 3. The number of nitriles is 1. The van der Waals surface area contributed by atoms with E-state index in [2.05, 4.69) is 30.5 Å². The molecule has 3 heteroatoms. The molecule has 0 saturated heterocycles. The third-order valence-corrected chi connectivity index (χ3v) is 4.19. The van der Waals surface area contributed by atoms with Gasteiger partial charge in [0, 0.05) is 18.2 Å². The minimum Gasteiger partial charge on any atom is -0.480 e. The molecule has 4 rings (SSSR count). The summed E-state index contributed by atoms with van der Waals surface area (Å²) in [5.74, 6) is 0.946. The summed E-state index contributed by atoms with van der Waals surface area (Å²) in [4.78, 5) is 1.69. The van der Waals surface area contributed by atoms with Gasteiger partial charge in [0.1, 0.15) is 5.75 Å². The molecule has 0 bridgehead atoms. The van der Waals surface area contributed by atoms with Crippen LogP contribution in [0.5, 0.6) is 5.75 Å². The summed E-state index contributed by atoms with van der Waals surface area (Å²) >= 11 is 0. The molecule has 1 atom stereocenters. The molecular formula is C17H14N2O. The molecule has 1 aromatic carbocycles. The van der Waals surface area contributed by atoms with Crippen LogP contribution in [0.4, 0.5) is 0 Å². The van der Waals surface area contributed by atoms with E-state index in [1.807, 2.05) is 24.4 Å². The Morgan fingerprint density at radius 1 is 1.30 bits per heavy atom. The summed E-state index contributed by atoms with van der Waals surface area (Å²) in [6.07, 6.45) is 12.2. The second kappa shape index (κ2) is 4.01. The van der Waals surface area contributed by atoms with Crippen molar-refractivity contribution in [3.8, 4) is 11.9 Å². The molecule has 1 unspecified atom stereocenters. The average molecular weight is 262 g/mol. The predicted octanol–water partition coefficient (Wildman–Crippen LogP) is 2.93. The van der Waals surface area contributed by atoms with Crippen LogP contribution in [0.1, 0.15) is 12.0 Å². The van der Waals surface area contributed by atoms with Gasteiger partial charge in [-0.3, -0.25) is 4.90 Å². The molecule has 0 amide bonds. The third kappa shape index (κ3) is 1.51. The predicted molar refractivity (Wildman–Crippen MR) is 75.7 cm³/mol. The Morgan fingerprint density at radius 2 is 2.20 bits per heavy atom. The number of para-hydroxylation sites is 1. The van der Waals surface area contributed by atoms with Crippen LogP contribution in [0.25, 0.3) is 0 Å². The molecule has 2 heterocycles. The summed E-state index contributed by atoms with van der Waals surface area (Å²) < 4.78 is 6.30. The fourth-order valence-electron chi connectivity index (χ4n) is 3.34. The number of ether oxygens (including phenoxy) is 1. The third-order valence-electron chi connectivity index (χ3n) is 4.19. The lowest BCUT2D eigenvalue weighted by Gasteiger charge is -2.39. The van der Waals surface area contributed by atoms with Crippen molar-refractivity contribution in [1.82, 2.24) is 4.90 Å². The van der Waals surface area contributed by atoms with Gasteiger partial charge in [0.25, 0.3) is 0 Å². The van der Waals surface area contributed by atoms with Crippen molar-refractivity contribution < 1.29 is 4.74 Å². The zero-order chi connectivity index (χ0) is 13.6. The van der Waals surface area contributed by atoms with Crippen molar-refractivity contribution in [3.63, 3.8) is 0 Å². The molecule has 1 aliphatic carbocycles. The van der Waals surface area contributed by atoms with Gasteiger partial charge in [-0.1, -0.05) is 36.4 Å². The normalized spacial score (nSPS) is 26.2. The van der Waals surface area contributed by atoms with E-state index in [-0.39, 0.29) is 0 Å². The van der Waals surface area contributed by atoms with E-state index in [1.165, 1.54) is 16.7 Å². The Labute approximate surface area is 118 Å². The molecule has 2 aliphatic heterocycles. The van der Waals surface area contributed by atoms with Crippen LogP contribution in [0.15, 0.2) is 59.8 Å². The first-order chi connectivity index (χ1) is 9.81. The molecular weight excluding hydrogens is 248 g/mol. The molecule has 0 aromatic heterocycles. The van der Waals surface area contributed by atoms with E-state index in [1.54, 1.807) is 4.90 Å². The van der Waals surface area contributed by atoms with Gasteiger partial charge in [0.15, 0.2) is 11.8 Å². The zero-order valence-electron chi connectivity index (χ0n) is 11.0. The molecule has 3 nitrogen and oxygen atoms in total. The quantitative estimate of drug-likeness (QED) is 0.674. The highest BCUT2D eigenvalue weighted by atomic mass is 16.5. The number of allylic oxidation sites excluding steroid dienone is 3. The second-order valence-electron chi connectivity index (χ2n) is 5.48. The van der Waals surface area contributed by atoms with Crippen LogP contribution in [-0.4, -0.2) is 17.0 Å². The summed E-state index contributed by atoms with van der Waals surface area (Å²) in [7, 11) is 0. The number of rotatable bonds is 0. The van der Waals surface area contributed by atoms with Crippen molar-refractivity contribution in [1.29, 1.82) is 5.26 Å². The standard InChI is InChI=1S/C17H14N2O/c18-12-19-10-14-6-1-3-7-15(14)17(11-19)9-13-5-2-4-8-16(13)20-17/h1-5,7-8,10H,6,9,11H2.